The van der Waals surface area contributed by atoms with Crippen LogP contribution in [-0.2, 0) is 14.3 Å². The summed E-state index contributed by atoms with van der Waals surface area (Å²) in [6.07, 6.45) is 1.74. The molecule has 3 aliphatic rings. The Morgan fingerprint density at radius 2 is 1.75 bits per heavy atom. The van der Waals surface area contributed by atoms with Gasteiger partial charge in [0, 0.05) is 25.2 Å². The van der Waals surface area contributed by atoms with Crippen LogP contribution in [0.4, 0.5) is 5.69 Å². The van der Waals surface area contributed by atoms with E-state index < -0.39 is 5.79 Å². The standard InChI is InChI=1S/C19H26N2O3/c1-13-10-14(2)17(15(3)11-13)21-6-4-16(18(21)22)20-7-5-19(12-20)23-8-9-24-19/h10-11,16H,4-9,12H2,1-3H3/t16-/m0/s1. The zero-order valence-corrected chi connectivity index (χ0v) is 14.8. The van der Waals surface area contributed by atoms with Crippen LogP contribution in [0.1, 0.15) is 29.5 Å². The monoisotopic (exact) mass is 330 g/mol. The molecule has 0 bridgehead atoms. The van der Waals surface area contributed by atoms with Crippen molar-refractivity contribution in [3.63, 3.8) is 0 Å². The van der Waals surface area contributed by atoms with Crippen LogP contribution in [0.2, 0.25) is 0 Å². The van der Waals surface area contributed by atoms with Gasteiger partial charge in [0.2, 0.25) is 5.91 Å². The summed E-state index contributed by atoms with van der Waals surface area (Å²) in [6.45, 7) is 10.0. The van der Waals surface area contributed by atoms with Gasteiger partial charge in [-0.2, -0.15) is 0 Å². The fourth-order valence-corrected chi connectivity index (χ4v) is 4.60. The molecule has 4 rings (SSSR count). The SMILES string of the molecule is Cc1cc(C)c(N2CC[C@H](N3CCC4(C3)OCCO4)C2=O)c(C)c1. The first kappa shape index (κ1) is 16.1. The maximum absolute atomic E-state index is 13.1. The molecule has 3 aliphatic heterocycles. The molecule has 3 saturated heterocycles. The first-order valence-corrected chi connectivity index (χ1v) is 8.90. The molecule has 0 unspecified atom stereocenters. The minimum absolute atomic E-state index is 0.0442. The van der Waals surface area contributed by atoms with E-state index in [9.17, 15) is 4.79 Å². The second kappa shape index (κ2) is 5.83. The fraction of sp³-hybridized carbons (Fsp3) is 0.632. The fourth-order valence-electron chi connectivity index (χ4n) is 4.60. The van der Waals surface area contributed by atoms with E-state index in [4.69, 9.17) is 9.47 Å². The number of aryl methyl sites for hydroxylation is 3. The minimum Gasteiger partial charge on any atom is -0.346 e. The summed E-state index contributed by atoms with van der Waals surface area (Å²) >= 11 is 0. The lowest BCUT2D eigenvalue weighted by Gasteiger charge is -2.27. The lowest BCUT2D eigenvalue weighted by atomic mass is 10.0. The predicted octanol–water partition coefficient (Wildman–Crippen LogP) is 2.17. The van der Waals surface area contributed by atoms with E-state index in [2.05, 4.69) is 37.8 Å². The smallest absolute Gasteiger partial charge is 0.244 e. The average molecular weight is 330 g/mol. The first-order chi connectivity index (χ1) is 11.5. The van der Waals surface area contributed by atoms with E-state index in [-0.39, 0.29) is 11.9 Å². The molecule has 5 heteroatoms. The third kappa shape index (κ3) is 2.55. The largest absolute Gasteiger partial charge is 0.346 e. The normalized spacial score (nSPS) is 26.9. The molecule has 0 saturated carbocycles. The van der Waals surface area contributed by atoms with Crippen molar-refractivity contribution in [3.05, 3.63) is 28.8 Å². The van der Waals surface area contributed by atoms with Crippen LogP contribution in [0.15, 0.2) is 12.1 Å². The molecule has 130 valence electrons. The Balaban J connectivity index is 1.53. The topological polar surface area (TPSA) is 42.0 Å². The highest BCUT2D eigenvalue weighted by Gasteiger charge is 2.48. The van der Waals surface area contributed by atoms with Gasteiger partial charge in [-0.3, -0.25) is 9.69 Å². The average Bonchev–Trinajstić information content (AvgIpc) is 3.22. The Labute approximate surface area is 143 Å². The van der Waals surface area contributed by atoms with Gasteiger partial charge in [0.15, 0.2) is 5.79 Å². The van der Waals surface area contributed by atoms with E-state index in [0.29, 0.717) is 19.8 Å². The van der Waals surface area contributed by atoms with Crippen molar-refractivity contribution < 1.29 is 14.3 Å². The summed E-state index contributed by atoms with van der Waals surface area (Å²) in [5.41, 5.74) is 4.70. The Morgan fingerprint density at radius 1 is 1.08 bits per heavy atom. The third-order valence-corrected chi connectivity index (χ3v) is 5.56. The van der Waals surface area contributed by atoms with Crippen LogP contribution in [0.5, 0.6) is 0 Å². The van der Waals surface area contributed by atoms with E-state index in [1.165, 1.54) is 16.7 Å². The lowest BCUT2D eigenvalue weighted by Crippen LogP contribution is -2.43. The summed E-state index contributed by atoms with van der Waals surface area (Å²) in [5, 5.41) is 0. The lowest BCUT2D eigenvalue weighted by molar-refractivity contribution is -0.147. The molecule has 24 heavy (non-hydrogen) atoms. The predicted molar refractivity (Wildman–Crippen MR) is 92.2 cm³/mol. The first-order valence-electron chi connectivity index (χ1n) is 8.90. The zero-order valence-electron chi connectivity index (χ0n) is 14.8. The van der Waals surface area contributed by atoms with E-state index in [1.54, 1.807) is 0 Å². The van der Waals surface area contributed by atoms with Gasteiger partial charge in [-0.15, -0.1) is 0 Å². The van der Waals surface area contributed by atoms with Crippen molar-refractivity contribution in [1.29, 1.82) is 0 Å². The molecule has 0 aliphatic carbocycles. The van der Waals surface area contributed by atoms with Gasteiger partial charge in [0.25, 0.3) is 0 Å². The molecular formula is C19H26N2O3. The number of likely N-dealkylation sites (tertiary alicyclic amines) is 1. The molecule has 1 amide bonds. The molecule has 0 radical (unpaired) electrons. The van der Waals surface area contributed by atoms with E-state index in [0.717, 1.165) is 31.6 Å². The van der Waals surface area contributed by atoms with E-state index >= 15 is 0 Å². The van der Waals surface area contributed by atoms with Gasteiger partial charge in [-0.05, 0) is 38.3 Å². The Hall–Kier alpha value is -1.43. The number of nitrogens with zero attached hydrogens (tertiary/aromatic N) is 2. The van der Waals surface area contributed by atoms with Crippen molar-refractivity contribution in [2.45, 2.75) is 45.4 Å². The molecular weight excluding hydrogens is 304 g/mol. The molecule has 1 atom stereocenters. The number of hydrogen-bond donors (Lipinski definition) is 0. The van der Waals surface area contributed by atoms with Crippen LogP contribution in [0, 0.1) is 20.8 Å². The van der Waals surface area contributed by atoms with Crippen molar-refractivity contribution >= 4 is 11.6 Å². The van der Waals surface area contributed by atoms with Crippen molar-refractivity contribution in [1.82, 2.24) is 4.90 Å². The van der Waals surface area contributed by atoms with Gasteiger partial charge < -0.3 is 14.4 Å². The van der Waals surface area contributed by atoms with Crippen molar-refractivity contribution in [3.8, 4) is 0 Å². The van der Waals surface area contributed by atoms with Crippen LogP contribution in [0.25, 0.3) is 0 Å². The molecule has 1 aromatic rings. The Morgan fingerprint density at radius 3 is 2.42 bits per heavy atom. The molecule has 3 fully saturated rings. The Kier molecular flexibility index (Phi) is 3.90. The highest BCUT2D eigenvalue weighted by Crippen LogP contribution is 2.36. The van der Waals surface area contributed by atoms with Gasteiger partial charge in [0.05, 0.1) is 25.8 Å². The van der Waals surface area contributed by atoms with Crippen LogP contribution in [-0.4, -0.2) is 55.5 Å². The Bertz CT molecular complexity index is 644. The number of anilines is 1. The highest BCUT2D eigenvalue weighted by atomic mass is 16.7. The van der Waals surface area contributed by atoms with Crippen molar-refractivity contribution in [2.75, 3.05) is 37.7 Å². The van der Waals surface area contributed by atoms with Crippen LogP contribution >= 0.6 is 0 Å². The van der Waals surface area contributed by atoms with Gasteiger partial charge in [-0.25, -0.2) is 0 Å². The zero-order chi connectivity index (χ0) is 16.9. The second-order valence-electron chi connectivity index (χ2n) is 7.37. The molecule has 1 aromatic carbocycles. The number of carbonyl (C=O) groups excluding carboxylic acids is 1. The quantitative estimate of drug-likeness (QED) is 0.833. The minimum atomic E-state index is -0.455. The van der Waals surface area contributed by atoms with E-state index in [1.807, 2.05) is 4.90 Å². The summed E-state index contributed by atoms with van der Waals surface area (Å²) in [4.78, 5) is 17.3. The number of benzene rings is 1. The summed E-state index contributed by atoms with van der Waals surface area (Å²) in [7, 11) is 0. The highest BCUT2D eigenvalue weighted by molar-refractivity contribution is 6.00. The number of carbonyl (C=O) groups is 1. The summed E-state index contributed by atoms with van der Waals surface area (Å²) < 4.78 is 11.6. The van der Waals surface area contributed by atoms with Gasteiger partial charge >= 0.3 is 0 Å². The van der Waals surface area contributed by atoms with Crippen LogP contribution < -0.4 is 4.90 Å². The molecule has 0 N–H and O–H groups in total. The van der Waals surface area contributed by atoms with Crippen molar-refractivity contribution in [2.24, 2.45) is 0 Å². The maximum atomic E-state index is 13.1. The van der Waals surface area contributed by atoms with Gasteiger partial charge in [-0.1, -0.05) is 17.7 Å². The maximum Gasteiger partial charge on any atom is 0.244 e. The van der Waals surface area contributed by atoms with Crippen LogP contribution in [0.3, 0.4) is 0 Å². The number of rotatable bonds is 2. The molecule has 3 heterocycles. The summed E-state index contributed by atoms with van der Waals surface area (Å²) in [5.74, 6) is -0.233. The number of hydrogen-bond acceptors (Lipinski definition) is 4. The molecule has 1 spiro atoms. The second-order valence-corrected chi connectivity index (χ2v) is 7.37. The number of ether oxygens (including phenoxy) is 2. The third-order valence-electron chi connectivity index (χ3n) is 5.56. The molecule has 0 aromatic heterocycles. The van der Waals surface area contributed by atoms with Gasteiger partial charge in [0.1, 0.15) is 0 Å². The summed E-state index contributed by atoms with van der Waals surface area (Å²) in [6, 6.07) is 4.28. The number of amides is 1. The molecule has 5 nitrogen and oxygen atoms in total.